The van der Waals surface area contributed by atoms with E-state index in [4.69, 9.17) is 13.9 Å². The molecular weight excluding hydrogens is 344 g/mol. The topological polar surface area (TPSA) is 64.3 Å². The number of ether oxygens (including phenoxy) is 2. The Hall–Kier alpha value is -3.54. The highest BCUT2D eigenvalue weighted by atomic mass is 16.7. The van der Waals surface area contributed by atoms with Gasteiger partial charge in [0.1, 0.15) is 0 Å². The molecular formula is C21H16N2O4. The van der Waals surface area contributed by atoms with Gasteiger partial charge in [0.25, 0.3) is 0 Å². The van der Waals surface area contributed by atoms with Gasteiger partial charge in [-0.25, -0.2) is 5.01 Å². The molecule has 0 saturated heterocycles. The van der Waals surface area contributed by atoms with Crippen LogP contribution < -0.4 is 9.47 Å². The second-order valence-corrected chi connectivity index (χ2v) is 6.37. The van der Waals surface area contributed by atoms with E-state index in [1.165, 1.54) is 11.3 Å². The summed E-state index contributed by atoms with van der Waals surface area (Å²) in [4.78, 5) is 13.0. The fraction of sp³-hybridized carbons (Fsp3) is 0.143. The van der Waals surface area contributed by atoms with Crippen molar-refractivity contribution >= 4 is 11.6 Å². The number of carbonyl (C=O) groups is 1. The second kappa shape index (κ2) is 6.32. The molecule has 2 aromatic carbocycles. The first-order valence-electron chi connectivity index (χ1n) is 8.69. The predicted molar refractivity (Wildman–Crippen MR) is 97.8 cm³/mol. The fourth-order valence-corrected chi connectivity index (χ4v) is 3.40. The average Bonchev–Trinajstić information content (AvgIpc) is 3.47. The van der Waals surface area contributed by atoms with Gasteiger partial charge < -0.3 is 13.9 Å². The van der Waals surface area contributed by atoms with Crippen molar-refractivity contribution in [3.8, 4) is 11.5 Å². The molecule has 6 nitrogen and oxygen atoms in total. The second-order valence-electron chi connectivity index (χ2n) is 6.37. The molecule has 1 atom stereocenters. The van der Waals surface area contributed by atoms with Gasteiger partial charge in [0, 0.05) is 6.42 Å². The highest BCUT2D eigenvalue weighted by molar-refractivity contribution is 6.04. The van der Waals surface area contributed by atoms with Crippen molar-refractivity contribution in [3.63, 3.8) is 0 Å². The van der Waals surface area contributed by atoms with Crippen LogP contribution in [0.15, 0.2) is 76.4 Å². The molecule has 0 aliphatic carbocycles. The van der Waals surface area contributed by atoms with E-state index in [1.54, 1.807) is 12.1 Å². The first-order chi connectivity index (χ1) is 13.3. The summed E-state index contributed by atoms with van der Waals surface area (Å²) in [6.45, 7) is 0.213. The summed E-state index contributed by atoms with van der Waals surface area (Å²) in [6.07, 6.45) is 2.09. The van der Waals surface area contributed by atoms with Crippen molar-refractivity contribution in [2.24, 2.45) is 5.10 Å². The zero-order valence-electron chi connectivity index (χ0n) is 14.4. The summed E-state index contributed by atoms with van der Waals surface area (Å²) in [5.41, 5.74) is 2.80. The number of rotatable bonds is 3. The van der Waals surface area contributed by atoms with E-state index < -0.39 is 0 Å². The minimum atomic E-state index is -0.270. The van der Waals surface area contributed by atoms with E-state index in [1.807, 2.05) is 48.5 Å². The monoisotopic (exact) mass is 360 g/mol. The molecule has 0 radical (unpaired) electrons. The number of furan rings is 1. The van der Waals surface area contributed by atoms with Crippen LogP contribution in [-0.4, -0.2) is 23.4 Å². The Morgan fingerprint density at radius 1 is 1.00 bits per heavy atom. The number of nitrogens with zero attached hydrogens (tertiary/aromatic N) is 2. The van der Waals surface area contributed by atoms with Crippen LogP contribution in [0.2, 0.25) is 0 Å². The zero-order chi connectivity index (χ0) is 18.2. The van der Waals surface area contributed by atoms with Gasteiger partial charge in [0.05, 0.1) is 18.0 Å². The molecule has 0 spiro atoms. The van der Waals surface area contributed by atoms with Gasteiger partial charge in [-0.1, -0.05) is 36.4 Å². The summed E-state index contributed by atoms with van der Waals surface area (Å²) < 4.78 is 16.2. The van der Waals surface area contributed by atoms with Gasteiger partial charge in [0.2, 0.25) is 6.79 Å². The standard InChI is InChI=1S/C21H16N2O4/c24-21(19-7-4-10-25-19)23-17(12-16(22-23)14-5-2-1-3-6-14)15-8-9-18-20(11-15)27-13-26-18/h1-11,17H,12-13H2/t17-/m1/s1. The van der Waals surface area contributed by atoms with Crippen molar-refractivity contribution < 1.29 is 18.7 Å². The lowest BCUT2D eigenvalue weighted by Crippen LogP contribution is -2.26. The van der Waals surface area contributed by atoms with Gasteiger partial charge in [-0.3, -0.25) is 4.79 Å². The van der Waals surface area contributed by atoms with E-state index >= 15 is 0 Å². The van der Waals surface area contributed by atoms with Crippen LogP contribution in [-0.2, 0) is 0 Å². The van der Waals surface area contributed by atoms with E-state index in [0.29, 0.717) is 17.9 Å². The molecule has 1 aromatic heterocycles. The molecule has 0 bridgehead atoms. The number of fused-ring (bicyclic) bond motifs is 1. The summed E-state index contributed by atoms with van der Waals surface area (Å²) >= 11 is 0. The lowest BCUT2D eigenvalue weighted by molar-refractivity contribution is 0.0678. The Morgan fingerprint density at radius 3 is 2.67 bits per heavy atom. The summed E-state index contributed by atoms with van der Waals surface area (Å²) in [6, 6.07) is 18.7. The normalized spacial score (nSPS) is 17.9. The molecule has 134 valence electrons. The molecule has 27 heavy (non-hydrogen) atoms. The van der Waals surface area contributed by atoms with Crippen LogP contribution in [0.3, 0.4) is 0 Å². The minimum absolute atomic E-state index is 0.213. The van der Waals surface area contributed by atoms with Crippen molar-refractivity contribution in [1.29, 1.82) is 0 Å². The predicted octanol–water partition coefficient (Wildman–Crippen LogP) is 4.00. The molecule has 0 N–H and O–H groups in total. The average molecular weight is 360 g/mol. The van der Waals surface area contributed by atoms with Crippen molar-refractivity contribution in [1.82, 2.24) is 5.01 Å². The molecule has 0 unspecified atom stereocenters. The van der Waals surface area contributed by atoms with Crippen LogP contribution in [0.25, 0.3) is 0 Å². The lowest BCUT2D eigenvalue weighted by atomic mass is 9.98. The van der Waals surface area contributed by atoms with Crippen LogP contribution in [0.4, 0.5) is 0 Å². The van der Waals surface area contributed by atoms with Crippen LogP contribution in [0.5, 0.6) is 11.5 Å². The molecule has 6 heteroatoms. The van der Waals surface area contributed by atoms with Gasteiger partial charge in [-0.15, -0.1) is 0 Å². The van der Waals surface area contributed by atoms with Crippen LogP contribution in [0.1, 0.15) is 34.1 Å². The first-order valence-corrected chi connectivity index (χ1v) is 8.69. The first kappa shape index (κ1) is 15.7. The summed E-state index contributed by atoms with van der Waals surface area (Å²) in [5.74, 6) is 1.39. The molecule has 3 heterocycles. The third kappa shape index (κ3) is 2.75. The maximum atomic E-state index is 13.0. The Balaban J connectivity index is 1.54. The Kier molecular flexibility index (Phi) is 3.67. The van der Waals surface area contributed by atoms with Crippen molar-refractivity contribution in [2.75, 3.05) is 6.79 Å². The molecule has 0 fully saturated rings. The molecule has 1 amide bonds. The van der Waals surface area contributed by atoms with E-state index in [-0.39, 0.29) is 24.5 Å². The third-order valence-corrected chi connectivity index (χ3v) is 4.74. The van der Waals surface area contributed by atoms with Crippen LogP contribution in [0, 0.1) is 0 Å². The Labute approximate surface area is 155 Å². The van der Waals surface area contributed by atoms with Crippen molar-refractivity contribution in [3.05, 3.63) is 83.8 Å². The quantitative estimate of drug-likeness (QED) is 0.708. The van der Waals surface area contributed by atoms with E-state index in [9.17, 15) is 4.79 Å². The van der Waals surface area contributed by atoms with Gasteiger partial charge in [-0.05, 0) is 35.4 Å². The largest absolute Gasteiger partial charge is 0.459 e. The minimum Gasteiger partial charge on any atom is -0.459 e. The number of benzene rings is 2. The Bertz CT molecular complexity index is 1010. The van der Waals surface area contributed by atoms with Gasteiger partial charge in [-0.2, -0.15) is 5.10 Å². The Morgan fingerprint density at radius 2 is 1.85 bits per heavy atom. The number of hydrogen-bond donors (Lipinski definition) is 0. The molecule has 2 aliphatic heterocycles. The van der Waals surface area contributed by atoms with Crippen molar-refractivity contribution in [2.45, 2.75) is 12.5 Å². The molecule has 0 saturated carbocycles. The molecule has 3 aromatic rings. The highest BCUT2D eigenvalue weighted by Gasteiger charge is 2.35. The van der Waals surface area contributed by atoms with Gasteiger partial charge in [0.15, 0.2) is 17.3 Å². The zero-order valence-corrected chi connectivity index (χ0v) is 14.4. The number of hydrogen-bond acceptors (Lipinski definition) is 5. The third-order valence-electron chi connectivity index (χ3n) is 4.74. The van der Waals surface area contributed by atoms with Crippen LogP contribution >= 0.6 is 0 Å². The SMILES string of the molecule is O=C(c1ccco1)N1N=C(c2ccccc2)C[C@@H]1c1ccc2c(c1)OCO2. The fourth-order valence-electron chi connectivity index (χ4n) is 3.40. The maximum absolute atomic E-state index is 13.0. The number of carbonyl (C=O) groups excluding carboxylic acids is 1. The highest BCUT2D eigenvalue weighted by Crippen LogP contribution is 2.39. The lowest BCUT2D eigenvalue weighted by Gasteiger charge is -2.21. The van der Waals surface area contributed by atoms with E-state index in [0.717, 1.165) is 16.8 Å². The maximum Gasteiger partial charge on any atom is 0.310 e. The summed E-state index contributed by atoms with van der Waals surface area (Å²) in [7, 11) is 0. The summed E-state index contributed by atoms with van der Waals surface area (Å²) in [5, 5.41) is 6.13. The number of amides is 1. The van der Waals surface area contributed by atoms with E-state index in [2.05, 4.69) is 5.10 Å². The number of hydrazone groups is 1. The molecule has 5 rings (SSSR count). The van der Waals surface area contributed by atoms with Gasteiger partial charge >= 0.3 is 5.91 Å². The smallest absolute Gasteiger partial charge is 0.310 e. The molecule has 2 aliphatic rings.